The Morgan fingerprint density at radius 3 is 2.53 bits per heavy atom. The highest BCUT2D eigenvalue weighted by Gasteiger charge is 2.11. The van der Waals surface area contributed by atoms with Crippen molar-refractivity contribution < 1.29 is 14.2 Å². The lowest BCUT2D eigenvalue weighted by Crippen LogP contribution is -1.96. The summed E-state index contributed by atoms with van der Waals surface area (Å²) < 4.78 is 18.9. The number of hydrogen-bond acceptors (Lipinski definition) is 2. The lowest BCUT2D eigenvalue weighted by molar-refractivity contribution is 0.283. The van der Waals surface area contributed by atoms with Gasteiger partial charge in [-0.2, -0.15) is 0 Å². The van der Waals surface area contributed by atoms with Gasteiger partial charge in [0.1, 0.15) is 6.61 Å². The van der Waals surface area contributed by atoms with Crippen LogP contribution in [0, 0.1) is 5.82 Å². The number of phenols is 1. The van der Waals surface area contributed by atoms with Crippen molar-refractivity contribution in [3.8, 4) is 11.5 Å². The van der Waals surface area contributed by atoms with Gasteiger partial charge in [-0.3, -0.25) is 0 Å². The molecule has 17 heavy (non-hydrogen) atoms. The molecule has 0 amide bonds. The van der Waals surface area contributed by atoms with E-state index in [0.29, 0.717) is 0 Å². The first-order chi connectivity index (χ1) is 8.18. The molecule has 0 aliphatic heterocycles. The van der Waals surface area contributed by atoms with Crippen molar-refractivity contribution in [3.05, 3.63) is 58.3 Å². The third-order valence-electron chi connectivity index (χ3n) is 2.27. The summed E-state index contributed by atoms with van der Waals surface area (Å²) in [5.74, 6) is -1.06. The van der Waals surface area contributed by atoms with Gasteiger partial charge in [-0.15, -0.1) is 0 Å². The molecule has 2 aromatic rings. The molecule has 1 N–H and O–H groups in total. The van der Waals surface area contributed by atoms with Gasteiger partial charge in [-0.1, -0.05) is 30.3 Å². The van der Waals surface area contributed by atoms with Crippen LogP contribution in [-0.2, 0) is 6.61 Å². The summed E-state index contributed by atoms with van der Waals surface area (Å²) in [4.78, 5) is 0. The second-order valence-corrected chi connectivity index (χ2v) is 4.34. The van der Waals surface area contributed by atoms with Crippen molar-refractivity contribution >= 4 is 15.9 Å². The number of rotatable bonds is 3. The smallest absolute Gasteiger partial charge is 0.195 e. The number of hydrogen-bond donors (Lipinski definition) is 1. The molecule has 0 fully saturated rings. The molecule has 0 radical (unpaired) electrons. The summed E-state index contributed by atoms with van der Waals surface area (Å²) in [7, 11) is 0. The first-order valence-corrected chi connectivity index (χ1v) is 5.81. The van der Waals surface area contributed by atoms with Gasteiger partial charge in [-0.25, -0.2) is 4.39 Å². The van der Waals surface area contributed by atoms with Gasteiger partial charge in [0.25, 0.3) is 0 Å². The molecule has 0 unspecified atom stereocenters. The maximum Gasteiger partial charge on any atom is 0.195 e. The van der Waals surface area contributed by atoms with Crippen molar-refractivity contribution in [2.24, 2.45) is 0 Å². The van der Waals surface area contributed by atoms with Crippen LogP contribution in [0.4, 0.5) is 4.39 Å². The minimum atomic E-state index is -0.712. The summed E-state index contributed by atoms with van der Waals surface area (Å²) in [6.07, 6.45) is 0. The average molecular weight is 297 g/mol. The Balaban J connectivity index is 2.13. The molecule has 2 rings (SSSR count). The van der Waals surface area contributed by atoms with E-state index >= 15 is 0 Å². The molecular weight excluding hydrogens is 287 g/mol. The fourth-order valence-electron chi connectivity index (χ4n) is 1.37. The number of phenolic OH excluding ortho intramolecular Hbond substituents is 1. The fraction of sp³-hybridized carbons (Fsp3) is 0.0769. The van der Waals surface area contributed by atoms with E-state index in [1.165, 1.54) is 12.1 Å². The molecule has 0 saturated heterocycles. The molecule has 0 bridgehead atoms. The second-order valence-electron chi connectivity index (χ2n) is 3.48. The van der Waals surface area contributed by atoms with Crippen molar-refractivity contribution in [2.45, 2.75) is 6.61 Å². The highest BCUT2D eigenvalue weighted by molar-refractivity contribution is 9.10. The molecule has 0 spiro atoms. The van der Waals surface area contributed by atoms with E-state index in [2.05, 4.69) is 15.9 Å². The normalized spacial score (nSPS) is 10.2. The third kappa shape index (κ3) is 2.77. The van der Waals surface area contributed by atoms with Crippen molar-refractivity contribution in [1.82, 2.24) is 0 Å². The van der Waals surface area contributed by atoms with Crippen LogP contribution in [0.5, 0.6) is 11.5 Å². The SMILES string of the molecule is Oc1c(OCc2ccccc2)ccc(Br)c1F. The Bertz CT molecular complexity index is 514. The van der Waals surface area contributed by atoms with E-state index < -0.39 is 11.6 Å². The predicted octanol–water partition coefficient (Wildman–Crippen LogP) is 3.87. The van der Waals surface area contributed by atoms with Gasteiger partial charge in [0.05, 0.1) is 4.47 Å². The van der Waals surface area contributed by atoms with E-state index in [1.54, 1.807) is 0 Å². The van der Waals surface area contributed by atoms with Crippen molar-refractivity contribution in [1.29, 1.82) is 0 Å². The van der Waals surface area contributed by atoms with Gasteiger partial charge in [-0.05, 0) is 33.6 Å². The molecule has 0 aliphatic rings. The minimum Gasteiger partial charge on any atom is -0.502 e. The monoisotopic (exact) mass is 296 g/mol. The fourth-order valence-corrected chi connectivity index (χ4v) is 1.69. The lowest BCUT2D eigenvalue weighted by Gasteiger charge is -2.09. The number of benzene rings is 2. The summed E-state index contributed by atoms with van der Waals surface area (Å²) >= 11 is 2.99. The molecule has 4 heteroatoms. The van der Waals surface area contributed by atoms with Crippen LogP contribution in [0.15, 0.2) is 46.9 Å². The summed E-state index contributed by atoms with van der Waals surface area (Å²) in [6.45, 7) is 0.287. The molecule has 0 heterocycles. The molecule has 0 aliphatic carbocycles. The summed E-state index contributed by atoms with van der Waals surface area (Å²) in [5, 5.41) is 9.53. The standard InChI is InChI=1S/C13H10BrFO2/c14-10-6-7-11(13(16)12(10)15)17-8-9-4-2-1-3-5-9/h1-7,16H,8H2. The Morgan fingerprint density at radius 2 is 1.82 bits per heavy atom. The van der Waals surface area contributed by atoms with E-state index in [1.807, 2.05) is 30.3 Å². The van der Waals surface area contributed by atoms with E-state index in [0.717, 1.165) is 5.56 Å². The quantitative estimate of drug-likeness (QED) is 0.931. The van der Waals surface area contributed by atoms with E-state index in [-0.39, 0.29) is 16.8 Å². The Kier molecular flexibility index (Phi) is 3.64. The van der Waals surface area contributed by atoms with Crippen LogP contribution in [0.25, 0.3) is 0 Å². The Morgan fingerprint density at radius 1 is 1.12 bits per heavy atom. The topological polar surface area (TPSA) is 29.5 Å². The zero-order chi connectivity index (χ0) is 12.3. The summed E-state index contributed by atoms with van der Waals surface area (Å²) in [6, 6.07) is 12.5. The highest BCUT2D eigenvalue weighted by Crippen LogP contribution is 2.33. The third-order valence-corrected chi connectivity index (χ3v) is 2.88. The van der Waals surface area contributed by atoms with Crippen LogP contribution in [-0.4, -0.2) is 5.11 Å². The predicted molar refractivity (Wildman–Crippen MR) is 66.5 cm³/mol. The van der Waals surface area contributed by atoms with Crippen LogP contribution in [0.3, 0.4) is 0 Å². The molecular formula is C13H10BrFO2. The van der Waals surface area contributed by atoms with Gasteiger partial charge in [0, 0.05) is 0 Å². The van der Waals surface area contributed by atoms with Crippen LogP contribution < -0.4 is 4.74 Å². The van der Waals surface area contributed by atoms with Gasteiger partial charge >= 0.3 is 0 Å². The first kappa shape index (κ1) is 11.9. The lowest BCUT2D eigenvalue weighted by atomic mass is 10.2. The molecule has 2 aromatic carbocycles. The van der Waals surface area contributed by atoms with Crippen molar-refractivity contribution in [2.75, 3.05) is 0 Å². The first-order valence-electron chi connectivity index (χ1n) is 5.02. The number of halogens is 2. The van der Waals surface area contributed by atoms with E-state index in [9.17, 15) is 9.50 Å². The zero-order valence-electron chi connectivity index (χ0n) is 8.86. The highest BCUT2D eigenvalue weighted by atomic mass is 79.9. The van der Waals surface area contributed by atoms with E-state index in [4.69, 9.17) is 4.74 Å². The molecule has 0 saturated carbocycles. The van der Waals surface area contributed by atoms with Gasteiger partial charge in [0.15, 0.2) is 17.3 Å². The maximum absolute atomic E-state index is 13.3. The van der Waals surface area contributed by atoms with Gasteiger partial charge < -0.3 is 9.84 Å². The number of ether oxygens (including phenoxy) is 1. The van der Waals surface area contributed by atoms with Crippen molar-refractivity contribution in [3.63, 3.8) is 0 Å². The molecule has 2 nitrogen and oxygen atoms in total. The molecule has 0 atom stereocenters. The largest absolute Gasteiger partial charge is 0.502 e. The zero-order valence-corrected chi connectivity index (χ0v) is 10.4. The maximum atomic E-state index is 13.3. The minimum absolute atomic E-state index is 0.134. The number of aromatic hydroxyl groups is 1. The van der Waals surface area contributed by atoms with Crippen LogP contribution >= 0.6 is 15.9 Å². The Labute approximate surface area is 107 Å². The molecule has 0 aromatic heterocycles. The second kappa shape index (κ2) is 5.19. The summed E-state index contributed by atoms with van der Waals surface area (Å²) in [5.41, 5.74) is 0.954. The molecule has 88 valence electrons. The van der Waals surface area contributed by atoms with Gasteiger partial charge in [0.2, 0.25) is 0 Å². The van der Waals surface area contributed by atoms with Crippen LogP contribution in [0.1, 0.15) is 5.56 Å². The Hall–Kier alpha value is -1.55. The van der Waals surface area contributed by atoms with Crippen LogP contribution in [0.2, 0.25) is 0 Å². The average Bonchev–Trinajstić information content (AvgIpc) is 2.36.